The maximum absolute atomic E-state index is 5.42. The zero-order valence-electron chi connectivity index (χ0n) is 9.65. The van der Waals surface area contributed by atoms with Crippen LogP contribution in [0.4, 0.5) is 0 Å². The van der Waals surface area contributed by atoms with Crippen molar-refractivity contribution >= 4 is 11.3 Å². The van der Waals surface area contributed by atoms with Crippen LogP contribution in [0.1, 0.15) is 34.3 Å². The van der Waals surface area contributed by atoms with E-state index in [4.69, 9.17) is 4.42 Å². The van der Waals surface area contributed by atoms with Crippen LogP contribution in [0.5, 0.6) is 0 Å². The van der Waals surface area contributed by atoms with Crippen molar-refractivity contribution in [2.75, 3.05) is 0 Å². The molecular weight excluding hydrogens is 222 g/mol. The average molecular weight is 237 g/mol. The number of hydrogen-bond donors (Lipinski definition) is 1. The zero-order valence-corrected chi connectivity index (χ0v) is 10.5. The highest BCUT2D eigenvalue weighted by atomic mass is 32.1. The van der Waals surface area contributed by atoms with Gasteiger partial charge in [0, 0.05) is 0 Å². The summed E-state index contributed by atoms with van der Waals surface area (Å²) in [5, 5.41) is 13.4. The van der Waals surface area contributed by atoms with Gasteiger partial charge in [-0.1, -0.05) is 0 Å². The molecule has 0 saturated heterocycles. The van der Waals surface area contributed by atoms with Crippen LogP contribution in [0.2, 0.25) is 0 Å². The highest BCUT2D eigenvalue weighted by molar-refractivity contribution is 7.11. The molecule has 1 unspecified atom stereocenters. The van der Waals surface area contributed by atoms with Crippen molar-refractivity contribution in [3.05, 3.63) is 33.7 Å². The van der Waals surface area contributed by atoms with Gasteiger partial charge < -0.3 is 9.73 Å². The van der Waals surface area contributed by atoms with Gasteiger partial charge in [-0.3, -0.25) is 0 Å². The Balaban J connectivity index is 1.93. The summed E-state index contributed by atoms with van der Waals surface area (Å²) in [5.74, 6) is 0.987. The van der Waals surface area contributed by atoms with Crippen molar-refractivity contribution in [2.45, 2.75) is 33.4 Å². The van der Waals surface area contributed by atoms with Crippen molar-refractivity contribution in [3.63, 3.8) is 0 Å². The summed E-state index contributed by atoms with van der Waals surface area (Å²) in [6, 6.07) is 2.17. The molecule has 2 aromatic rings. The molecule has 0 aliphatic carbocycles. The third-order valence-electron chi connectivity index (χ3n) is 2.42. The van der Waals surface area contributed by atoms with Gasteiger partial charge >= 0.3 is 0 Å². The predicted octanol–water partition coefficient (Wildman–Crippen LogP) is 2.60. The monoisotopic (exact) mass is 237 g/mol. The topological polar surface area (TPSA) is 51.0 Å². The molecule has 2 rings (SSSR count). The molecule has 1 atom stereocenters. The van der Waals surface area contributed by atoms with Crippen molar-refractivity contribution in [3.8, 4) is 0 Å². The van der Waals surface area contributed by atoms with Crippen LogP contribution < -0.4 is 5.32 Å². The number of hydrogen-bond acceptors (Lipinski definition) is 5. The molecule has 2 heterocycles. The Morgan fingerprint density at radius 3 is 2.81 bits per heavy atom. The van der Waals surface area contributed by atoms with Crippen molar-refractivity contribution in [2.24, 2.45) is 0 Å². The SMILES string of the molecule is Cc1nnc(CNC(C)c2occc2C)s1. The smallest absolute Gasteiger partial charge is 0.131 e. The second-order valence-corrected chi connectivity index (χ2v) is 5.05. The fraction of sp³-hybridized carbons (Fsp3) is 0.455. The Morgan fingerprint density at radius 1 is 1.44 bits per heavy atom. The van der Waals surface area contributed by atoms with Gasteiger partial charge in [-0.25, -0.2) is 0 Å². The predicted molar refractivity (Wildman–Crippen MR) is 63.3 cm³/mol. The molecule has 0 aromatic carbocycles. The molecule has 16 heavy (non-hydrogen) atoms. The molecule has 1 N–H and O–H groups in total. The summed E-state index contributed by atoms with van der Waals surface area (Å²) < 4.78 is 5.42. The number of nitrogens with one attached hydrogen (secondary N) is 1. The second kappa shape index (κ2) is 4.76. The highest BCUT2D eigenvalue weighted by Gasteiger charge is 2.11. The lowest BCUT2D eigenvalue weighted by molar-refractivity contribution is 0.427. The summed E-state index contributed by atoms with van der Waals surface area (Å²) in [7, 11) is 0. The molecule has 2 aromatic heterocycles. The van der Waals surface area contributed by atoms with Crippen LogP contribution in [0.25, 0.3) is 0 Å². The van der Waals surface area contributed by atoms with Crippen LogP contribution in [0.15, 0.2) is 16.7 Å². The lowest BCUT2D eigenvalue weighted by Gasteiger charge is -2.10. The van der Waals surface area contributed by atoms with Crippen LogP contribution in [-0.4, -0.2) is 10.2 Å². The normalized spacial score (nSPS) is 12.9. The maximum atomic E-state index is 5.42. The molecule has 0 radical (unpaired) electrons. The largest absolute Gasteiger partial charge is 0.467 e. The highest BCUT2D eigenvalue weighted by Crippen LogP contribution is 2.18. The van der Waals surface area contributed by atoms with Gasteiger partial charge in [0.15, 0.2) is 0 Å². The lowest BCUT2D eigenvalue weighted by atomic mass is 10.2. The van der Waals surface area contributed by atoms with Crippen LogP contribution >= 0.6 is 11.3 Å². The number of furan rings is 1. The number of aryl methyl sites for hydroxylation is 2. The maximum Gasteiger partial charge on any atom is 0.131 e. The first kappa shape index (κ1) is 11.3. The molecular formula is C11H15N3OS. The number of aromatic nitrogens is 2. The van der Waals surface area contributed by atoms with Gasteiger partial charge in [0.1, 0.15) is 15.8 Å². The van der Waals surface area contributed by atoms with E-state index in [2.05, 4.69) is 22.4 Å². The minimum absolute atomic E-state index is 0.194. The molecule has 0 saturated carbocycles. The average Bonchev–Trinajstić information content (AvgIpc) is 2.84. The van der Waals surface area contributed by atoms with Gasteiger partial charge in [-0.2, -0.15) is 0 Å². The van der Waals surface area contributed by atoms with Crippen LogP contribution in [0, 0.1) is 13.8 Å². The van der Waals surface area contributed by atoms with Crippen molar-refractivity contribution in [1.82, 2.24) is 15.5 Å². The summed E-state index contributed by atoms with van der Waals surface area (Å²) >= 11 is 1.62. The quantitative estimate of drug-likeness (QED) is 0.888. The Labute approximate surface area is 98.7 Å². The van der Waals surface area contributed by atoms with E-state index in [0.717, 1.165) is 22.3 Å². The van der Waals surface area contributed by atoms with Crippen LogP contribution in [0.3, 0.4) is 0 Å². The van der Waals surface area contributed by atoms with Crippen molar-refractivity contribution in [1.29, 1.82) is 0 Å². The van der Waals surface area contributed by atoms with Gasteiger partial charge in [0.25, 0.3) is 0 Å². The zero-order chi connectivity index (χ0) is 11.5. The molecule has 5 heteroatoms. The summed E-state index contributed by atoms with van der Waals surface area (Å²) in [6.07, 6.45) is 1.72. The Hall–Kier alpha value is -1.20. The second-order valence-electron chi connectivity index (χ2n) is 3.79. The number of rotatable bonds is 4. The molecule has 0 amide bonds. The molecule has 0 aliphatic heterocycles. The first-order valence-corrected chi connectivity index (χ1v) is 6.05. The first-order chi connectivity index (χ1) is 7.66. The van der Waals surface area contributed by atoms with E-state index in [0.29, 0.717) is 0 Å². The summed E-state index contributed by atoms with van der Waals surface area (Å²) in [6.45, 7) is 6.82. The fourth-order valence-corrected chi connectivity index (χ4v) is 2.23. The molecule has 0 spiro atoms. The van der Waals surface area contributed by atoms with Crippen molar-refractivity contribution < 1.29 is 4.42 Å². The van der Waals surface area contributed by atoms with E-state index in [-0.39, 0.29) is 6.04 Å². The molecule has 0 fully saturated rings. The van der Waals surface area contributed by atoms with Gasteiger partial charge in [0.05, 0.1) is 18.8 Å². The minimum atomic E-state index is 0.194. The van der Waals surface area contributed by atoms with E-state index in [1.807, 2.05) is 19.9 Å². The van der Waals surface area contributed by atoms with E-state index >= 15 is 0 Å². The summed E-state index contributed by atoms with van der Waals surface area (Å²) in [5.41, 5.74) is 1.17. The Morgan fingerprint density at radius 2 is 2.25 bits per heavy atom. The first-order valence-electron chi connectivity index (χ1n) is 5.23. The molecule has 4 nitrogen and oxygen atoms in total. The van der Waals surface area contributed by atoms with E-state index in [9.17, 15) is 0 Å². The third kappa shape index (κ3) is 2.48. The fourth-order valence-electron chi connectivity index (χ4n) is 1.57. The van der Waals surface area contributed by atoms with Crippen LogP contribution in [-0.2, 0) is 6.54 Å². The lowest BCUT2D eigenvalue weighted by Crippen LogP contribution is -2.18. The van der Waals surface area contributed by atoms with Gasteiger partial charge in [-0.15, -0.1) is 21.5 Å². The molecule has 0 aliphatic rings. The standard InChI is InChI=1S/C11H15N3OS/c1-7-4-5-15-11(7)8(2)12-6-10-14-13-9(3)16-10/h4-5,8,12H,6H2,1-3H3. The van der Waals surface area contributed by atoms with E-state index in [1.165, 1.54) is 5.56 Å². The Kier molecular flexibility index (Phi) is 3.36. The summed E-state index contributed by atoms with van der Waals surface area (Å²) in [4.78, 5) is 0. The number of nitrogens with zero attached hydrogens (tertiary/aromatic N) is 2. The molecule has 86 valence electrons. The van der Waals surface area contributed by atoms with E-state index in [1.54, 1.807) is 17.6 Å². The molecule has 0 bridgehead atoms. The third-order valence-corrected chi connectivity index (χ3v) is 3.26. The minimum Gasteiger partial charge on any atom is -0.467 e. The van der Waals surface area contributed by atoms with E-state index < -0.39 is 0 Å². The van der Waals surface area contributed by atoms with Gasteiger partial charge in [-0.05, 0) is 32.4 Å². The van der Waals surface area contributed by atoms with Gasteiger partial charge in [0.2, 0.25) is 0 Å². The Bertz CT molecular complexity index is 463.